The smallest absolute Gasteiger partial charge is 0.389 e. The van der Waals surface area contributed by atoms with Crippen LogP contribution in [0.5, 0.6) is 0 Å². The van der Waals surface area contributed by atoms with Gasteiger partial charge in [-0.2, -0.15) is 8.42 Å². The summed E-state index contributed by atoms with van der Waals surface area (Å²) in [5, 5.41) is 18.2. The molecule has 0 atom stereocenters. The van der Waals surface area contributed by atoms with E-state index in [1.54, 1.807) is 0 Å². The third-order valence-corrected chi connectivity index (χ3v) is 1.18. The van der Waals surface area contributed by atoms with Crippen molar-refractivity contribution < 1.29 is 42.1 Å². The van der Waals surface area contributed by atoms with E-state index in [-0.39, 0.29) is 0 Å². The summed E-state index contributed by atoms with van der Waals surface area (Å²) in [7, 11) is -4.67. The van der Waals surface area contributed by atoms with Crippen LogP contribution in [0.3, 0.4) is 0 Å². The number of hydrogen-bond donors (Lipinski definition) is 4. The number of carbonyl (C=O) groups is 2. The summed E-state index contributed by atoms with van der Waals surface area (Å²) < 4.78 is 35.8. The first kappa shape index (κ1) is 19.3. The molecular formula is C8H16O9S. The van der Waals surface area contributed by atoms with E-state index in [0.717, 1.165) is 0 Å². The summed E-state index contributed by atoms with van der Waals surface area (Å²) in [6.07, 6.45) is 0. The molecular weight excluding hydrogens is 272 g/mol. The van der Waals surface area contributed by atoms with E-state index in [2.05, 4.69) is 4.74 Å². The first-order chi connectivity index (χ1) is 7.55. The Morgan fingerprint density at radius 2 is 1.06 bits per heavy atom. The van der Waals surface area contributed by atoms with Crippen molar-refractivity contribution >= 4 is 22.3 Å². The van der Waals surface area contributed by atoms with Crippen LogP contribution in [-0.4, -0.2) is 50.9 Å². The second-order valence-corrected chi connectivity index (χ2v) is 5.14. The van der Waals surface area contributed by atoms with Gasteiger partial charge in [-0.15, -0.1) is 0 Å². The SMILES string of the molecule is CC(C)(O)C(=O)OC(=O)C(C)(C)O.O=S(=O)(O)O. The van der Waals surface area contributed by atoms with Crippen molar-refractivity contribution in [2.45, 2.75) is 38.9 Å². The lowest BCUT2D eigenvalue weighted by atomic mass is 10.1. The van der Waals surface area contributed by atoms with Gasteiger partial charge in [0.1, 0.15) is 0 Å². The van der Waals surface area contributed by atoms with Crippen LogP contribution >= 0.6 is 0 Å². The molecule has 10 heteroatoms. The molecule has 4 N–H and O–H groups in total. The summed E-state index contributed by atoms with van der Waals surface area (Å²) in [6, 6.07) is 0. The molecule has 9 nitrogen and oxygen atoms in total. The highest BCUT2D eigenvalue weighted by molar-refractivity contribution is 7.79. The summed E-state index contributed by atoms with van der Waals surface area (Å²) in [5.74, 6) is -2.17. The predicted octanol–water partition coefficient (Wildman–Crippen LogP) is -1.05. The minimum atomic E-state index is -4.67. The number of ether oxygens (including phenoxy) is 1. The maximum Gasteiger partial charge on any atom is 0.394 e. The number of hydrogen-bond acceptors (Lipinski definition) is 7. The summed E-state index contributed by atoms with van der Waals surface area (Å²) >= 11 is 0. The molecule has 0 unspecified atom stereocenters. The molecule has 0 aliphatic heterocycles. The Morgan fingerprint density at radius 3 is 1.17 bits per heavy atom. The van der Waals surface area contributed by atoms with Gasteiger partial charge in [0.15, 0.2) is 11.2 Å². The van der Waals surface area contributed by atoms with Gasteiger partial charge in [-0.05, 0) is 27.7 Å². The van der Waals surface area contributed by atoms with Crippen molar-refractivity contribution in [2.75, 3.05) is 0 Å². The zero-order valence-corrected chi connectivity index (χ0v) is 11.1. The third-order valence-electron chi connectivity index (χ3n) is 1.18. The molecule has 0 rings (SSSR count). The molecule has 108 valence electrons. The molecule has 0 amide bonds. The minimum Gasteiger partial charge on any atom is -0.389 e. The highest BCUT2D eigenvalue weighted by Gasteiger charge is 2.33. The Labute approximate surface area is 104 Å². The average molecular weight is 288 g/mol. The second-order valence-electron chi connectivity index (χ2n) is 4.24. The van der Waals surface area contributed by atoms with E-state index in [4.69, 9.17) is 27.7 Å². The summed E-state index contributed by atoms with van der Waals surface area (Å²) in [5.41, 5.74) is -3.47. The van der Waals surface area contributed by atoms with Gasteiger partial charge in [-0.3, -0.25) is 9.11 Å². The Balaban J connectivity index is 0. The fourth-order valence-corrected chi connectivity index (χ4v) is 0.334. The van der Waals surface area contributed by atoms with Gasteiger partial charge >= 0.3 is 22.3 Å². The molecule has 0 heterocycles. The fraction of sp³-hybridized carbons (Fsp3) is 0.750. The molecule has 0 radical (unpaired) electrons. The van der Waals surface area contributed by atoms with Crippen LogP contribution in [0.15, 0.2) is 0 Å². The van der Waals surface area contributed by atoms with Crippen molar-refractivity contribution in [3.05, 3.63) is 0 Å². The lowest BCUT2D eigenvalue weighted by Gasteiger charge is -2.18. The zero-order valence-electron chi connectivity index (χ0n) is 10.2. The number of rotatable bonds is 2. The van der Waals surface area contributed by atoms with Crippen molar-refractivity contribution in [2.24, 2.45) is 0 Å². The van der Waals surface area contributed by atoms with Gasteiger partial charge in [0.05, 0.1) is 0 Å². The molecule has 0 aromatic heterocycles. The topological polar surface area (TPSA) is 158 Å². The van der Waals surface area contributed by atoms with E-state index in [9.17, 15) is 9.59 Å². The maximum atomic E-state index is 10.9. The molecule has 18 heavy (non-hydrogen) atoms. The normalized spacial score (nSPS) is 12.2. The molecule has 0 aromatic carbocycles. The first-order valence-electron chi connectivity index (χ1n) is 4.46. The Kier molecular flexibility index (Phi) is 6.64. The first-order valence-corrected chi connectivity index (χ1v) is 5.86. The molecule has 0 aliphatic carbocycles. The summed E-state index contributed by atoms with van der Waals surface area (Å²) in [4.78, 5) is 21.8. The second kappa shape index (κ2) is 6.20. The third kappa shape index (κ3) is 13.0. The quantitative estimate of drug-likeness (QED) is 0.282. The number of aliphatic hydroxyl groups is 2. The van der Waals surface area contributed by atoms with Gasteiger partial charge < -0.3 is 14.9 Å². The van der Waals surface area contributed by atoms with Crippen molar-refractivity contribution in [1.82, 2.24) is 0 Å². The van der Waals surface area contributed by atoms with Crippen LogP contribution in [0.25, 0.3) is 0 Å². The van der Waals surface area contributed by atoms with Crippen molar-refractivity contribution in [3.63, 3.8) is 0 Å². The highest BCUT2D eigenvalue weighted by atomic mass is 32.3. The fourth-order valence-electron chi connectivity index (χ4n) is 0.334. The Hall–Kier alpha value is -1.07. The van der Waals surface area contributed by atoms with Crippen molar-refractivity contribution in [1.29, 1.82) is 0 Å². The van der Waals surface area contributed by atoms with Crippen LogP contribution in [-0.2, 0) is 24.7 Å². The van der Waals surface area contributed by atoms with Crippen LogP contribution in [0.4, 0.5) is 0 Å². The lowest BCUT2D eigenvalue weighted by molar-refractivity contribution is -0.181. The van der Waals surface area contributed by atoms with Crippen LogP contribution in [0, 0.1) is 0 Å². The molecule has 0 aliphatic rings. The Bertz CT molecular complexity index is 363. The van der Waals surface area contributed by atoms with Crippen LogP contribution < -0.4 is 0 Å². The van der Waals surface area contributed by atoms with Gasteiger partial charge in [0.25, 0.3) is 0 Å². The average Bonchev–Trinajstić information content (AvgIpc) is 1.96. The minimum absolute atomic E-state index is 1.08. The van der Waals surface area contributed by atoms with Crippen LogP contribution in [0.2, 0.25) is 0 Å². The number of esters is 2. The predicted molar refractivity (Wildman–Crippen MR) is 57.9 cm³/mol. The lowest BCUT2D eigenvalue weighted by Crippen LogP contribution is -2.41. The maximum absolute atomic E-state index is 10.9. The number of carbonyl (C=O) groups excluding carboxylic acids is 2. The monoisotopic (exact) mass is 288 g/mol. The Morgan fingerprint density at radius 1 is 0.889 bits per heavy atom. The van der Waals surface area contributed by atoms with Crippen LogP contribution in [0.1, 0.15) is 27.7 Å². The zero-order chi connectivity index (χ0) is 15.4. The van der Waals surface area contributed by atoms with E-state index >= 15 is 0 Å². The van der Waals surface area contributed by atoms with Gasteiger partial charge in [0.2, 0.25) is 0 Å². The van der Waals surface area contributed by atoms with Gasteiger partial charge in [-0.25, -0.2) is 9.59 Å². The largest absolute Gasteiger partial charge is 0.394 e. The molecule has 0 spiro atoms. The molecule has 0 saturated heterocycles. The van der Waals surface area contributed by atoms with Crippen molar-refractivity contribution in [3.8, 4) is 0 Å². The molecule has 0 saturated carbocycles. The van der Waals surface area contributed by atoms with E-state index in [1.807, 2.05) is 0 Å². The van der Waals surface area contributed by atoms with E-state index in [0.29, 0.717) is 0 Å². The summed E-state index contributed by atoms with van der Waals surface area (Å²) in [6.45, 7) is 4.75. The van der Waals surface area contributed by atoms with Gasteiger partial charge in [0, 0.05) is 0 Å². The molecule has 0 aromatic rings. The van der Waals surface area contributed by atoms with Gasteiger partial charge in [-0.1, -0.05) is 0 Å². The van der Waals surface area contributed by atoms with E-state index in [1.165, 1.54) is 27.7 Å². The molecule has 0 bridgehead atoms. The van der Waals surface area contributed by atoms with E-state index < -0.39 is 33.5 Å². The highest BCUT2D eigenvalue weighted by Crippen LogP contribution is 2.09. The standard InChI is InChI=1S/C8H14O5.H2O4S/c1-7(2,11)5(9)13-6(10)8(3,4)12;1-5(2,3)4/h11-12H,1-4H3;(H2,1,2,3,4). The molecule has 0 fully saturated rings.